The summed E-state index contributed by atoms with van der Waals surface area (Å²) in [5.74, 6) is 2.41. The summed E-state index contributed by atoms with van der Waals surface area (Å²) in [6.07, 6.45) is 2.29. The van der Waals surface area contributed by atoms with Gasteiger partial charge in [0.2, 0.25) is 0 Å². The number of thiophene rings is 1. The highest BCUT2D eigenvalue weighted by molar-refractivity contribution is 14.0. The Kier molecular flexibility index (Phi) is 9.37. The molecule has 1 atom stereocenters. The maximum Gasteiger partial charge on any atom is 0.191 e. The zero-order valence-electron chi connectivity index (χ0n) is 16.9. The molecule has 0 bridgehead atoms. The molecular weight excluding hydrogens is 483 g/mol. The van der Waals surface area contributed by atoms with Crippen LogP contribution in [-0.4, -0.2) is 39.8 Å². The van der Waals surface area contributed by atoms with E-state index in [9.17, 15) is 0 Å². The Morgan fingerprint density at radius 1 is 1.25 bits per heavy atom. The first-order valence-corrected chi connectivity index (χ1v) is 10.4. The first-order chi connectivity index (χ1) is 13.2. The van der Waals surface area contributed by atoms with Gasteiger partial charge in [-0.25, -0.2) is 0 Å². The second-order valence-electron chi connectivity index (χ2n) is 6.83. The molecule has 1 unspecified atom stereocenters. The third-order valence-electron chi connectivity index (χ3n) is 4.98. The van der Waals surface area contributed by atoms with E-state index in [1.54, 1.807) is 7.11 Å². The van der Waals surface area contributed by atoms with Gasteiger partial charge in [0, 0.05) is 48.2 Å². The number of methoxy groups -OCH3 is 1. The van der Waals surface area contributed by atoms with Gasteiger partial charge in [-0.1, -0.05) is 13.0 Å². The molecule has 1 aliphatic heterocycles. The fourth-order valence-electron chi connectivity index (χ4n) is 3.38. The van der Waals surface area contributed by atoms with Gasteiger partial charge >= 0.3 is 0 Å². The van der Waals surface area contributed by atoms with Crippen LogP contribution in [0.25, 0.3) is 0 Å². The molecule has 3 rings (SSSR count). The molecule has 1 aromatic heterocycles. The number of hydrogen-bond acceptors (Lipinski definition) is 4. The average molecular weight is 514 g/mol. The molecular formula is C21H31IN4OS. The maximum atomic E-state index is 5.34. The van der Waals surface area contributed by atoms with E-state index in [1.165, 1.54) is 21.9 Å². The SMILES string of the molecule is CCc1ccc(CNC(=NC)NCC2CCN(c3cccc(OC)c3)C2)s1.I. The van der Waals surface area contributed by atoms with Gasteiger partial charge in [-0.15, -0.1) is 35.3 Å². The van der Waals surface area contributed by atoms with Crippen molar-refractivity contribution in [2.24, 2.45) is 10.9 Å². The minimum Gasteiger partial charge on any atom is -0.497 e. The molecule has 1 aromatic carbocycles. The van der Waals surface area contributed by atoms with Gasteiger partial charge in [-0.2, -0.15) is 0 Å². The Bertz CT molecular complexity index is 764. The van der Waals surface area contributed by atoms with Gasteiger partial charge in [-0.3, -0.25) is 4.99 Å². The molecule has 1 saturated heterocycles. The van der Waals surface area contributed by atoms with E-state index in [4.69, 9.17) is 4.74 Å². The molecule has 7 heteroatoms. The van der Waals surface area contributed by atoms with E-state index in [2.05, 4.69) is 57.8 Å². The van der Waals surface area contributed by atoms with Gasteiger partial charge in [0.15, 0.2) is 5.96 Å². The molecule has 0 radical (unpaired) electrons. The number of anilines is 1. The molecule has 1 aliphatic rings. The lowest BCUT2D eigenvalue weighted by Gasteiger charge is -2.20. The number of nitrogens with zero attached hydrogens (tertiary/aromatic N) is 2. The van der Waals surface area contributed by atoms with Crippen molar-refractivity contribution < 1.29 is 4.74 Å². The Labute approximate surface area is 189 Å². The number of hydrogen-bond donors (Lipinski definition) is 2. The summed E-state index contributed by atoms with van der Waals surface area (Å²) in [4.78, 5) is 9.57. The molecule has 2 heterocycles. The van der Waals surface area contributed by atoms with E-state index in [-0.39, 0.29) is 24.0 Å². The van der Waals surface area contributed by atoms with Crippen LogP contribution >= 0.6 is 35.3 Å². The maximum absolute atomic E-state index is 5.34. The molecule has 0 saturated carbocycles. The third kappa shape index (κ3) is 6.27. The molecule has 5 nitrogen and oxygen atoms in total. The number of aliphatic imine (C=N–C) groups is 1. The van der Waals surface area contributed by atoms with E-state index in [0.29, 0.717) is 5.92 Å². The Hall–Kier alpha value is -1.48. The van der Waals surface area contributed by atoms with Crippen molar-refractivity contribution >= 4 is 47.0 Å². The van der Waals surface area contributed by atoms with Gasteiger partial charge in [0.05, 0.1) is 13.7 Å². The number of halogens is 1. The molecule has 2 N–H and O–H groups in total. The van der Waals surface area contributed by atoms with Crippen molar-refractivity contribution in [3.05, 3.63) is 46.2 Å². The van der Waals surface area contributed by atoms with Crippen LogP contribution in [0, 0.1) is 5.92 Å². The van der Waals surface area contributed by atoms with Crippen LogP contribution in [0.1, 0.15) is 23.1 Å². The normalized spacial score (nSPS) is 16.6. The lowest BCUT2D eigenvalue weighted by atomic mass is 10.1. The number of nitrogens with one attached hydrogen (secondary N) is 2. The fourth-order valence-corrected chi connectivity index (χ4v) is 4.28. The van der Waals surface area contributed by atoms with Crippen LogP contribution in [0.5, 0.6) is 5.75 Å². The highest BCUT2D eigenvalue weighted by Crippen LogP contribution is 2.26. The van der Waals surface area contributed by atoms with Crippen molar-refractivity contribution in [1.82, 2.24) is 10.6 Å². The number of guanidine groups is 1. The lowest BCUT2D eigenvalue weighted by Crippen LogP contribution is -2.39. The summed E-state index contributed by atoms with van der Waals surface area (Å²) < 4.78 is 5.34. The predicted molar refractivity (Wildman–Crippen MR) is 131 cm³/mol. The predicted octanol–water partition coefficient (Wildman–Crippen LogP) is 4.13. The summed E-state index contributed by atoms with van der Waals surface area (Å²) in [6.45, 7) is 6.10. The third-order valence-corrected chi connectivity index (χ3v) is 6.21. The summed E-state index contributed by atoms with van der Waals surface area (Å²) in [7, 11) is 3.55. The molecule has 0 spiro atoms. The quantitative estimate of drug-likeness (QED) is 0.332. The number of rotatable bonds is 7. The van der Waals surface area contributed by atoms with Gasteiger partial charge in [0.25, 0.3) is 0 Å². The first kappa shape index (κ1) is 22.8. The topological polar surface area (TPSA) is 48.9 Å². The smallest absolute Gasteiger partial charge is 0.191 e. The van der Waals surface area contributed by atoms with Crippen LogP contribution in [0.15, 0.2) is 41.4 Å². The van der Waals surface area contributed by atoms with Gasteiger partial charge in [-0.05, 0) is 43.0 Å². The van der Waals surface area contributed by atoms with Crippen molar-refractivity contribution in [1.29, 1.82) is 0 Å². The summed E-state index contributed by atoms with van der Waals surface area (Å²) in [6, 6.07) is 12.7. The van der Waals surface area contributed by atoms with Crippen molar-refractivity contribution in [3.63, 3.8) is 0 Å². The monoisotopic (exact) mass is 514 g/mol. The Balaban J connectivity index is 0.00000280. The van der Waals surface area contributed by atoms with E-state index in [1.807, 2.05) is 24.5 Å². The number of ether oxygens (including phenoxy) is 1. The Morgan fingerprint density at radius 3 is 2.79 bits per heavy atom. The van der Waals surface area contributed by atoms with E-state index >= 15 is 0 Å². The fraction of sp³-hybridized carbons (Fsp3) is 0.476. The van der Waals surface area contributed by atoms with Crippen LogP contribution in [0.3, 0.4) is 0 Å². The average Bonchev–Trinajstić information content (AvgIpc) is 3.37. The zero-order chi connectivity index (χ0) is 19.1. The highest BCUT2D eigenvalue weighted by Gasteiger charge is 2.23. The summed E-state index contributed by atoms with van der Waals surface area (Å²) >= 11 is 1.87. The lowest BCUT2D eigenvalue weighted by molar-refractivity contribution is 0.415. The Morgan fingerprint density at radius 2 is 2.07 bits per heavy atom. The van der Waals surface area contributed by atoms with Crippen LogP contribution in [0.2, 0.25) is 0 Å². The van der Waals surface area contributed by atoms with E-state index in [0.717, 1.165) is 44.3 Å². The molecule has 28 heavy (non-hydrogen) atoms. The zero-order valence-corrected chi connectivity index (χ0v) is 20.1. The molecule has 154 valence electrons. The van der Waals surface area contributed by atoms with Crippen LogP contribution < -0.4 is 20.3 Å². The second-order valence-corrected chi connectivity index (χ2v) is 8.08. The van der Waals surface area contributed by atoms with Crippen molar-refractivity contribution in [3.8, 4) is 5.75 Å². The molecule has 0 aliphatic carbocycles. The van der Waals surface area contributed by atoms with Crippen molar-refractivity contribution in [2.45, 2.75) is 26.3 Å². The molecule has 1 fully saturated rings. The highest BCUT2D eigenvalue weighted by atomic mass is 127. The van der Waals surface area contributed by atoms with E-state index < -0.39 is 0 Å². The molecule has 2 aromatic rings. The number of benzene rings is 1. The van der Waals surface area contributed by atoms with Crippen LogP contribution in [0.4, 0.5) is 5.69 Å². The van der Waals surface area contributed by atoms with Gasteiger partial charge in [0.1, 0.15) is 5.75 Å². The first-order valence-electron chi connectivity index (χ1n) is 9.63. The minimum atomic E-state index is 0. The summed E-state index contributed by atoms with van der Waals surface area (Å²) in [5, 5.41) is 6.91. The molecule has 0 amide bonds. The minimum absolute atomic E-state index is 0. The second kappa shape index (κ2) is 11.5. The van der Waals surface area contributed by atoms with Crippen LogP contribution in [-0.2, 0) is 13.0 Å². The summed E-state index contributed by atoms with van der Waals surface area (Å²) in [5.41, 5.74) is 1.24. The standard InChI is InChI=1S/C21H30N4OS.HI/c1-4-19-8-9-20(27-19)14-24-21(22-2)23-13-16-10-11-25(15-16)17-6-5-7-18(12-17)26-3;/h5-9,12,16H,4,10-11,13-15H2,1-3H3,(H2,22,23,24);1H. The number of aryl methyl sites for hydroxylation is 1. The van der Waals surface area contributed by atoms with Gasteiger partial charge < -0.3 is 20.3 Å². The van der Waals surface area contributed by atoms with Crippen molar-refractivity contribution in [2.75, 3.05) is 38.7 Å². The largest absolute Gasteiger partial charge is 0.497 e.